The van der Waals surface area contributed by atoms with Crippen molar-refractivity contribution in [1.29, 1.82) is 0 Å². The van der Waals surface area contributed by atoms with Crippen molar-refractivity contribution >= 4 is 66.4 Å². The average Bonchev–Trinajstić information content (AvgIpc) is 2.96. The molecule has 5 rings (SSSR count). The van der Waals surface area contributed by atoms with E-state index in [2.05, 4.69) is 74.8 Å². The lowest BCUT2D eigenvalue weighted by Gasteiger charge is -2.15. The Morgan fingerprint density at radius 1 is 1.00 bits per heavy atom. The molecule has 0 aliphatic heterocycles. The Balaban J connectivity index is 1.48. The summed E-state index contributed by atoms with van der Waals surface area (Å²) < 4.78 is 15.4. The highest BCUT2D eigenvalue weighted by Gasteiger charge is 2.14. The second kappa shape index (κ2) is 13.0. The van der Waals surface area contributed by atoms with Crippen LogP contribution in [0.1, 0.15) is 43.6 Å². The van der Waals surface area contributed by atoms with Crippen LogP contribution in [-0.4, -0.2) is 22.5 Å². The van der Waals surface area contributed by atoms with E-state index in [0.29, 0.717) is 47.9 Å². The lowest BCUT2D eigenvalue weighted by Crippen LogP contribution is -2.22. The van der Waals surface area contributed by atoms with E-state index in [1.165, 1.54) is 15.4 Å². The minimum Gasteiger partial charge on any atom is -0.490 e. The first-order valence-electron chi connectivity index (χ1n) is 13.3. The zero-order chi connectivity index (χ0) is 28.1. The van der Waals surface area contributed by atoms with Gasteiger partial charge in [0.15, 0.2) is 11.5 Å². The minimum absolute atomic E-state index is 0.191. The van der Waals surface area contributed by atoms with E-state index in [0.717, 1.165) is 32.0 Å². The molecular formula is C32H29BrIN3O3. The molecule has 1 heterocycles. The number of fused-ring (bicyclic) bond motifs is 2. The average molecular weight is 710 g/mol. The van der Waals surface area contributed by atoms with Gasteiger partial charge < -0.3 is 9.47 Å². The molecule has 5 aromatic rings. The van der Waals surface area contributed by atoms with E-state index >= 15 is 0 Å². The smallest absolute Gasteiger partial charge is 0.282 e. The summed E-state index contributed by atoms with van der Waals surface area (Å²) in [6.07, 6.45) is 4.26. The van der Waals surface area contributed by atoms with Crippen LogP contribution in [0.25, 0.3) is 21.7 Å². The summed E-state index contributed by atoms with van der Waals surface area (Å²) in [5, 5.41) is 7.48. The number of nitrogens with zero attached hydrogens (tertiary/aromatic N) is 3. The van der Waals surface area contributed by atoms with Crippen molar-refractivity contribution in [2.24, 2.45) is 5.10 Å². The monoisotopic (exact) mass is 709 g/mol. The Morgan fingerprint density at radius 3 is 2.65 bits per heavy atom. The van der Waals surface area contributed by atoms with Crippen molar-refractivity contribution in [3.05, 3.63) is 108 Å². The normalized spacial score (nSPS) is 11.5. The number of hydrogen-bond acceptors (Lipinski definition) is 5. The SMILES string of the molecule is CCCCc1nc2ccc(Br)cc2c(=O)n1N=Cc1cc(I)c(OCc2cccc3ccccc23)c(OCC)c1. The number of halogens is 2. The Bertz CT molecular complexity index is 1760. The molecule has 0 aliphatic rings. The molecule has 0 amide bonds. The number of benzene rings is 4. The molecule has 0 aliphatic carbocycles. The number of rotatable bonds is 10. The van der Waals surface area contributed by atoms with Crippen LogP contribution < -0.4 is 15.0 Å². The summed E-state index contributed by atoms with van der Waals surface area (Å²) in [7, 11) is 0. The first kappa shape index (κ1) is 28.3. The fourth-order valence-corrected chi connectivity index (χ4v) is 5.71. The van der Waals surface area contributed by atoms with Gasteiger partial charge in [0.25, 0.3) is 5.56 Å². The number of unbranched alkanes of at least 4 members (excludes halogenated alkanes) is 1. The highest BCUT2D eigenvalue weighted by atomic mass is 127. The van der Waals surface area contributed by atoms with Gasteiger partial charge in [0.05, 0.1) is 27.3 Å². The number of aromatic nitrogens is 2. The zero-order valence-electron chi connectivity index (χ0n) is 22.4. The maximum Gasteiger partial charge on any atom is 0.282 e. The number of aryl methyl sites for hydroxylation is 1. The van der Waals surface area contributed by atoms with E-state index in [4.69, 9.17) is 14.5 Å². The van der Waals surface area contributed by atoms with Gasteiger partial charge in [-0.3, -0.25) is 4.79 Å². The lowest BCUT2D eigenvalue weighted by molar-refractivity contribution is 0.268. The summed E-state index contributed by atoms with van der Waals surface area (Å²) in [6.45, 7) is 4.97. The largest absolute Gasteiger partial charge is 0.490 e. The molecule has 204 valence electrons. The lowest BCUT2D eigenvalue weighted by atomic mass is 10.1. The summed E-state index contributed by atoms with van der Waals surface area (Å²) >= 11 is 5.72. The van der Waals surface area contributed by atoms with E-state index in [9.17, 15) is 4.79 Å². The topological polar surface area (TPSA) is 65.7 Å². The van der Waals surface area contributed by atoms with E-state index in [-0.39, 0.29) is 5.56 Å². The standard InChI is InChI=1S/C32H29BrIN3O3/c1-3-5-13-30-36-28-15-14-24(33)18-26(28)32(38)37(30)35-19-21-16-27(34)31(29(17-21)39-4-2)40-20-23-11-8-10-22-9-6-7-12-25(22)23/h6-12,14-19H,3-5,13,20H2,1-2H3. The fraction of sp³-hybridized carbons (Fsp3) is 0.219. The Morgan fingerprint density at radius 2 is 1.82 bits per heavy atom. The van der Waals surface area contributed by atoms with Crippen LogP contribution in [0.15, 0.2) is 87.2 Å². The molecule has 0 radical (unpaired) electrons. The molecule has 0 spiro atoms. The fourth-order valence-electron chi connectivity index (χ4n) is 4.57. The van der Waals surface area contributed by atoms with Crippen molar-refractivity contribution in [2.75, 3.05) is 6.61 Å². The van der Waals surface area contributed by atoms with Gasteiger partial charge in [-0.25, -0.2) is 4.98 Å². The maximum atomic E-state index is 13.4. The second-order valence-electron chi connectivity index (χ2n) is 9.34. The minimum atomic E-state index is -0.191. The van der Waals surface area contributed by atoms with E-state index < -0.39 is 0 Å². The molecule has 6 nitrogen and oxygen atoms in total. The molecule has 4 aromatic carbocycles. The van der Waals surface area contributed by atoms with Crippen molar-refractivity contribution < 1.29 is 9.47 Å². The molecule has 0 fully saturated rings. The van der Waals surface area contributed by atoms with Crippen molar-refractivity contribution in [3.63, 3.8) is 0 Å². The molecule has 0 saturated heterocycles. The molecule has 1 aromatic heterocycles. The van der Waals surface area contributed by atoms with E-state index in [1.54, 1.807) is 12.3 Å². The third-order valence-corrected chi connectivity index (χ3v) is 7.83. The van der Waals surface area contributed by atoms with Crippen LogP contribution in [0.3, 0.4) is 0 Å². The Hall–Kier alpha value is -3.24. The molecule has 40 heavy (non-hydrogen) atoms. The Labute approximate surface area is 255 Å². The summed E-state index contributed by atoms with van der Waals surface area (Å²) in [4.78, 5) is 18.2. The maximum absolute atomic E-state index is 13.4. The highest BCUT2D eigenvalue weighted by molar-refractivity contribution is 14.1. The van der Waals surface area contributed by atoms with Gasteiger partial charge in [0.1, 0.15) is 12.4 Å². The molecular weight excluding hydrogens is 681 g/mol. The van der Waals surface area contributed by atoms with Gasteiger partial charge in [-0.15, -0.1) is 0 Å². The van der Waals surface area contributed by atoms with E-state index in [1.807, 2.05) is 49.4 Å². The van der Waals surface area contributed by atoms with Gasteiger partial charge in [-0.05, 0) is 88.2 Å². The number of hydrogen-bond donors (Lipinski definition) is 0. The van der Waals surface area contributed by atoms with Gasteiger partial charge in [-0.1, -0.05) is 71.7 Å². The van der Waals surface area contributed by atoms with Crippen LogP contribution in [0, 0.1) is 3.57 Å². The molecule has 8 heteroatoms. The highest BCUT2D eigenvalue weighted by Crippen LogP contribution is 2.35. The first-order valence-corrected chi connectivity index (χ1v) is 15.2. The van der Waals surface area contributed by atoms with Gasteiger partial charge in [0.2, 0.25) is 0 Å². The van der Waals surface area contributed by atoms with Gasteiger partial charge >= 0.3 is 0 Å². The predicted octanol–water partition coefficient (Wildman–Crippen LogP) is 8.12. The number of ether oxygens (including phenoxy) is 2. The first-order chi connectivity index (χ1) is 19.5. The summed E-state index contributed by atoms with van der Waals surface area (Å²) in [5.74, 6) is 1.97. The van der Waals surface area contributed by atoms with Crippen LogP contribution in [0.5, 0.6) is 11.5 Å². The van der Waals surface area contributed by atoms with Crippen LogP contribution >= 0.6 is 38.5 Å². The third kappa shape index (κ3) is 6.23. The van der Waals surface area contributed by atoms with Gasteiger partial charge in [0, 0.05) is 10.9 Å². The molecule has 0 unspecified atom stereocenters. The van der Waals surface area contributed by atoms with Crippen molar-refractivity contribution in [3.8, 4) is 11.5 Å². The quantitative estimate of drug-likeness (QED) is 0.109. The second-order valence-corrected chi connectivity index (χ2v) is 11.4. The summed E-state index contributed by atoms with van der Waals surface area (Å²) in [5.41, 5.74) is 2.39. The Kier molecular flexibility index (Phi) is 9.16. The molecule has 0 bridgehead atoms. The van der Waals surface area contributed by atoms with Crippen molar-refractivity contribution in [1.82, 2.24) is 9.66 Å². The third-order valence-electron chi connectivity index (χ3n) is 6.54. The van der Waals surface area contributed by atoms with Crippen molar-refractivity contribution in [2.45, 2.75) is 39.7 Å². The van der Waals surface area contributed by atoms with Crippen LogP contribution in [-0.2, 0) is 13.0 Å². The predicted molar refractivity (Wildman–Crippen MR) is 174 cm³/mol. The summed E-state index contributed by atoms with van der Waals surface area (Å²) in [6, 6.07) is 23.9. The van der Waals surface area contributed by atoms with Gasteiger partial charge in [-0.2, -0.15) is 9.78 Å². The van der Waals surface area contributed by atoms with Crippen LogP contribution in [0.2, 0.25) is 0 Å². The zero-order valence-corrected chi connectivity index (χ0v) is 26.1. The molecule has 0 saturated carbocycles. The van der Waals surface area contributed by atoms with Crippen LogP contribution in [0.4, 0.5) is 0 Å². The molecule has 0 N–H and O–H groups in total. The molecule has 0 atom stereocenters.